The third-order valence-corrected chi connectivity index (χ3v) is 2.80. The molecule has 0 bridgehead atoms. The molecule has 0 fully saturated rings. The summed E-state index contributed by atoms with van der Waals surface area (Å²) >= 11 is 4.78. The normalized spacial score (nSPS) is 9.91. The minimum absolute atomic E-state index is 0.337. The van der Waals surface area contributed by atoms with Crippen LogP contribution in [0.1, 0.15) is 14.5 Å². The number of rotatable bonds is 3. The fraction of sp³-hybridized carbons (Fsp3) is 0.286. The van der Waals surface area contributed by atoms with E-state index >= 15 is 0 Å². The molecule has 0 saturated carbocycles. The predicted octanol–water partition coefficient (Wildman–Crippen LogP) is 1.78. The molecule has 11 heavy (non-hydrogen) atoms. The lowest BCUT2D eigenvalue weighted by atomic mass is 10.3. The van der Waals surface area contributed by atoms with E-state index in [2.05, 4.69) is 15.9 Å². The van der Waals surface area contributed by atoms with Crippen molar-refractivity contribution in [3.8, 4) is 0 Å². The van der Waals surface area contributed by atoms with Gasteiger partial charge in [0.1, 0.15) is 0 Å². The predicted molar refractivity (Wildman–Crippen MR) is 50.3 cm³/mol. The summed E-state index contributed by atoms with van der Waals surface area (Å²) in [6, 6.07) is 3.71. The summed E-state index contributed by atoms with van der Waals surface area (Å²) in [5.74, 6) is -0.337. The number of hydrogen-bond acceptors (Lipinski definition) is 2. The molecule has 0 atom stereocenters. The quantitative estimate of drug-likeness (QED) is 0.796. The van der Waals surface area contributed by atoms with Crippen molar-refractivity contribution in [1.29, 1.82) is 0 Å². The number of nitrogens with two attached hydrogens (primary N) is 1. The van der Waals surface area contributed by atoms with Gasteiger partial charge in [0.15, 0.2) is 0 Å². The molecule has 0 spiro atoms. The van der Waals surface area contributed by atoms with Crippen LogP contribution in [-0.2, 0) is 6.42 Å². The van der Waals surface area contributed by atoms with E-state index < -0.39 is 0 Å². The van der Waals surface area contributed by atoms with Crippen molar-refractivity contribution in [1.82, 2.24) is 0 Å². The first kappa shape index (κ1) is 8.74. The van der Waals surface area contributed by atoms with Crippen molar-refractivity contribution in [2.24, 2.45) is 5.73 Å². The highest BCUT2D eigenvalue weighted by molar-refractivity contribution is 9.09. The van der Waals surface area contributed by atoms with Gasteiger partial charge in [-0.2, -0.15) is 0 Å². The first-order valence-electron chi connectivity index (χ1n) is 3.18. The van der Waals surface area contributed by atoms with Crippen LogP contribution < -0.4 is 5.73 Å². The lowest BCUT2D eigenvalue weighted by Gasteiger charge is -1.87. The second-order valence-corrected chi connectivity index (χ2v) is 4.03. The van der Waals surface area contributed by atoms with Crippen molar-refractivity contribution in [2.75, 3.05) is 5.33 Å². The molecule has 1 rings (SSSR count). The number of carbonyl (C=O) groups excluding carboxylic acids is 1. The summed E-state index contributed by atoms with van der Waals surface area (Å²) < 4.78 is 0. The summed E-state index contributed by atoms with van der Waals surface area (Å²) in [5.41, 5.74) is 5.08. The number of alkyl halides is 1. The van der Waals surface area contributed by atoms with Crippen LogP contribution in [0.15, 0.2) is 12.1 Å². The molecule has 0 aliphatic heterocycles. The first-order valence-corrected chi connectivity index (χ1v) is 5.12. The lowest BCUT2D eigenvalue weighted by molar-refractivity contribution is 0.100. The van der Waals surface area contributed by atoms with E-state index in [-0.39, 0.29) is 5.91 Å². The monoisotopic (exact) mass is 233 g/mol. The highest BCUT2D eigenvalue weighted by atomic mass is 79.9. The zero-order valence-corrected chi connectivity index (χ0v) is 8.24. The largest absolute Gasteiger partial charge is 0.365 e. The van der Waals surface area contributed by atoms with E-state index in [9.17, 15) is 4.79 Å². The van der Waals surface area contributed by atoms with E-state index in [4.69, 9.17) is 5.73 Å². The summed E-state index contributed by atoms with van der Waals surface area (Å²) in [6.45, 7) is 0. The topological polar surface area (TPSA) is 43.1 Å². The molecule has 1 heterocycles. The Morgan fingerprint density at radius 1 is 1.64 bits per heavy atom. The van der Waals surface area contributed by atoms with E-state index in [1.165, 1.54) is 16.2 Å². The van der Waals surface area contributed by atoms with Crippen molar-refractivity contribution < 1.29 is 4.79 Å². The highest BCUT2D eigenvalue weighted by Crippen LogP contribution is 2.16. The second kappa shape index (κ2) is 3.88. The SMILES string of the molecule is NC(=O)c1ccc(CCBr)s1. The van der Waals surface area contributed by atoms with Crippen molar-refractivity contribution >= 4 is 33.2 Å². The number of carbonyl (C=O) groups is 1. The molecule has 60 valence electrons. The standard InChI is InChI=1S/C7H8BrNOS/c8-4-3-5-1-2-6(11-5)7(9)10/h1-2H,3-4H2,(H2,9,10). The van der Waals surface area contributed by atoms with Gasteiger partial charge in [0.05, 0.1) is 4.88 Å². The second-order valence-electron chi connectivity index (χ2n) is 2.07. The minimum Gasteiger partial charge on any atom is -0.365 e. The molecule has 1 aromatic heterocycles. The van der Waals surface area contributed by atoms with Gasteiger partial charge in [-0.25, -0.2) is 0 Å². The van der Waals surface area contributed by atoms with Crippen LogP contribution in [-0.4, -0.2) is 11.2 Å². The molecule has 0 radical (unpaired) electrons. The van der Waals surface area contributed by atoms with E-state index in [1.54, 1.807) is 6.07 Å². The molecule has 1 aromatic rings. The molecule has 0 saturated heterocycles. The summed E-state index contributed by atoms with van der Waals surface area (Å²) in [7, 11) is 0. The Labute approximate surface area is 77.5 Å². The fourth-order valence-corrected chi connectivity index (χ4v) is 2.29. The van der Waals surface area contributed by atoms with Gasteiger partial charge >= 0.3 is 0 Å². The molecule has 0 unspecified atom stereocenters. The van der Waals surface area contributed by atoms with Gasteiger partial charge in [-0.15, -0.1) is 11.3 Å². The van der Waals surface area contributed by atoms with Gasteiger partial charge in [0.2, 0.25) is 0 Å². The maximum atomic E-state index is 10.6. The average molecular weight is 234 g/mol. The summed E-state index contributed by atoms with van der Waals surface area (Å²) in [5, 5.41) is 0.922. The Bertz CT molecular complexity index is 259. The smallest absolute Gasteiger partial charge is 0.258 e. The summed E-state index contributed by atoms with van der Waals surface area (Å²) in [4.78, 5) is 12.5. The average Bonchev–Trinajstić information content (AvgIpc) is 2.37. The van der Waals surface area contributed by atoms with Crippen molar-refractivity contribution in [2.45, 2.75) is 6.42 Å². The van der Waals surface area contributed by atoms with Gasteiger partial charge in [-0.3, -0.25) is 4.79 Å². The maximum Gasteiger partial charge on any atom is 0.258 e. The van der Waals surface area contributed by atoms with E-state index in [1.807, 2.05) is 6.07 Å². The summed E-state index contributed by atoms with van der Waals surface area (Å²) in [6.07, 6.45) is 0.956. The van der Waals surface area contributed by atoms with E-state index in [0.29, 0.717) is 4.88 Å². The highest BCUT2D eigenvalue weighted by Gasteiger charge is 2.03. The maximum absolute atomic E-state index is 10.6. The van der Waals surface area contributed by atoms with Crippen LogP contribution >= 0.6 is 27.3 Å². The molecule has 2 N–H and O–H groups in total. The Balaban J connectivity index is 2.73. The zero-order valence-electron chi connectivity index (χ0n) is 5.84. The Kier molecular flexibility index (Phi) is 3.08. The molecule has 4 heteroatoms. The molecular formula is C7H8BrNOS. The third-order valence-electron chi connectivity index (χ3n) is 1.25. The third kappa shape index (κ3) is 2.31. The van der Waals surface area contributed by atoms with Crippen LogP contribution in [0.25, 0.3) is 0 Å². The number of amides is 1. The van der Waals surface area contributed by atoms with Crippen molar-refractivity contribution in [3.05, 3.63) is 21.9 Å². The number of thiophene rings is 1. The Morgan fingerprint density at radius 3 is 2.82 bits per heavy atom. The Hall–Kier alpha value is -0.350. The zero-order chi connectivity index (χ0) is 8.27. The minimum atomic E-state index is -0.337. The van der Waals surface area contributed by atoms with Gasteiger partial charge in [-0.05, 0) is 18.6 Å². The number of aryl methyl sites for hydroxylation is 1. The van der Waals surface area contributed by atoms with E-state index in [0.717, 1.165) is 11.8 Å². The van der Waals surface area contributed by atoms with Crippen molar-refractivity contribution in [3.63, 3.8) is 0 Å². The van der Waals surface area contributed by atoms with Gasteiger partial charge < -0.3 is 5.73 Å². The van der Waals surface area contributed by atoms with Crippen LogP contribution in [0.5, 0.6) is 0 Å². The van der Waals surface area contributed by atoms with Crippen LogP contribution in [0.2, 0.25) is 0 Å². The molecule has 0 aromatic carbocycles. The van der Waals surface area contributed by atoms with Gasteiger partial charge in [0, 0.05) is 10.2 Å². The number of primary amides is 1. The number of halogens is 1. The van der Waals surface area contributed by atoms with Crippen LogP contribution in [0.3, 0.4) is 0 Å². The van der Waals surface area contributed by atoms with Crippen LogP contribution in [0.4, 0.5) is 0 Å². The van der Waals surface area contributed by atoms with Gasteiger partial charge in [0.25, 0.3) is 5.91 Å². The van der Waals surface area contributed by atoms with Gasteiger partial charge in [-0.1, -0.05) is 15.9 Å². The Morgan fingerprint density at radius 2 is 2.36 bits per heavy atom. The number of hydrogen-bond donors (Lipinski definition) is 1. The molecule has 0 aliphatic carbocycles. The molecule has 1 amide bonds. The van der Waals surface area contributed by atoms with Crippen LogP contribution in [0, 0.1) is 0 Å². The lowest BCUT2D eigenvalue weighted by Crippen LogP contribution is -2.08. The molecular weight excluding hydrogens is 226 g/mol. The fourth-order valence-electron chi connectivity index (χ4n) is 0.738. The molecule has 2 nitrogen and oxygen atoms in total. The first-order chi connectivity index (χ1) is 5.24. The molecule has 0 aliphatic rings.